The molecule has 2 bridgehead atoms. The van der Waals surface area contributed by atoms with Crippen molar-refractivity contribution in [2.24, 2.45) is 0 Å². The molecule has 1 aromatic heterocycles. The molecule has 9 nitrogen and oxygen atoms in total. The van der Waals surface area contributed by atoms with Crippen molar-refractivity contribution < 1.29 is 9.72 Å². The topological polar surface area (TPSA) is 115 Å². The molecule has 3 heterocycles. The van der Waals surface area contributed by atoms with Gasteiger partial charge >= 0.3 is 0 Å². The van der Waals surface area contributed by atoms with Gasteiger partial charge in [0.15, 0.2) is 0 Å². The molecule has 2 aliphatic rings. The monoisotopic (exact) mass is 342 g/mol. The van der Waals surface area contributed by atoms with E-state index in [1.54, 1.807) is 6.07 Å². The first-order valence-electron chi connectivity index (χ1n) is 8.30. The van der Waals surface area contributed by atoms with Crippen LogP contribution in [0.2, 0.25) is 0 Å². The minimum Gasteiger partial charge on any atom is -0.349 e. The normalized spacial score (nSPS) is 24.9. The highest BCUT2D eigenvalue weighted by molar-refractivity contribution is 5.95. The average Bonchev–Trinajstić information content (AvgIpc) is 3.24. The standard InChI is InChI=1S/C16H18N6O3/c23-16(20-13-6-11-2-3-12(7-13)19-11)10-1-4-14(15(5-10)22(24)25)21-9-17-8-18-21/h1,4-5,8-9,11-13,19H,2-3,6-7H2,(H,20,23). The SMILES string of the molecule is O=C(NC1CC2CCC(C1)N2)c1ccc(-n2cncn2)c([N+](=O)[O-])c1. The zero-order chi connectivity index (χ0) is 17.4. The van der Waals surface area contributed by atoms with Crippen LogP contribution in [0.3, 0.4) is 0 Å². The largest absolute Gasteiger partial charge is 0.349 e. The van der Waals surface area contributed by atoms with Gasteiger partial charge in [0.2, 0.25) is 0 Å². The number of aromatic nitrogens is 3. The quantitative estimate of drug-likeness (QED) is 0.637. The molecule has 2 aliphatic heterocycles. The van der Waals surface area contributed by atoms with Crippen molar-refractivity contribution >= 4 is 11.6 Å². The molecule has 2 aromatic rings. The number of carbonyl (C=O) groups is 1. The summed E-state index contributed by atoms with van der Waals surface area (Å²) in [4.78, 5) is 27.2. The highest BCUT2D eigenvalue weighted by atomic mass is 16.6. The molecule has 9 heteroatoms. The number of rotatable bonds is 4. The smallest absolute Gasteiger partial charge is 0.295 e. The number of benzene rings is 1. The van der Waals surface area contributed by atoms with E-state index < -0.39 is 4.92 Å². The lowest BCUT2D eigenvalue weighted by atomic mass is 9.99. The molecule has 130 valence electrons. The van der Waals surface area contributed by atoms with Gasteiger partial charge in [0.05, 0.1) is 4.92 Å². The fourth-order valence-corrected chi connectivity index (χ4v) is 3.78. The summed E-state index contributed by atoms with van der Waals surface area (Å²) in [5.41, 5.74) is 0.379. The minimum atomic E-state index is -0.515. The summed E-state index contributed by atoms with van der Waals surface area (Å²) < 4.78 is 1.31. The van der Waals surface area contributed by atoms with Gasteiger partial charge in [-0.15, -0.1) is 0 Å². The Morgan fingerprint density at radius 3 is 2.72 bits per heavy atom. The van der Waals surface area contributed by atoms with Gasteiger partial charge in [-0.05, 0) is 37.8 Å². The number of piperidine rings is 1. The van der Waals surface area contributed by atoms with Crippen LogP contribution in [-0.4, -0.2) is 43.7 Å². The molecule has 4 rings (SSSR count). The first kappa shape index (κ1) is 15.7. The van der Waals surface area contributed by atoms with Gasteiger partial charge < -0.3 is 10.6 Å². The molecule has 0 aliphatic carbocycles. The maximum atomic E-state index is 12.5. The number of hydrogen-bond acceptors (Lipinski definition) is 6. The van der Waals surface area contributed by atoms with Crippen molar-refractivity contribution in [3.63, 3.8) is 0 Å². The van der Waals surface area contributed by atoms with E-state index in [1.165, 1.54) is 29.5 Å². The van der Waals surface area contributed by atoms with E-state index in [2.05, 4.69) is 20.7 Å². The molecular weight excluding hydrogens is 324 g/mol. The third kappa shape index (κ3) is 3.10. The molecule has 2 N–H and O–H groups in total. The molecule has 2 fully saturated rings. The first-order chi connectivity index (χ1) is 12.1. The Kier molecular flexibility index (Phi) is 3.92. The number of carbonyl (C=O) groups excluding carboxylic acids is 1. The lowest BCUT2D eigenvalue weighted by Gasteiger charge is -2.29. The summed E-state index contributed by atoms with van der Waals surface area (Å²) in [5, 5.41) is 21.8. The van der Waals surface area contributed by atoms with Crippen LogP contribution in [0.1, 0.15) is 36.0 Å². The molecule has 2 saturated heterocycles. The Morgan fingerprint density at radius 1 is 1.32 bits per heavy atom. The summed E-state index contributed by atoms with van der Waals surface area (Å²) in [6.07, 6.45) is 6.79. The van der Waals surface area contributed by atoms with Gasteiger partial charge in [-0.2, -0.15) is 5.10 Å². The molecule has 0 saturated carbocycles. The molecule has 2 atom stereocenters. The summed E-state index contributed by atoms with van der Waals surface area (Å²) in [7, 11) is 0. The summed E-state index contributed by atoms with van der Waals surface area (Å²) in [6, 6.07) is 5.44. The number of nitrogens with zero attached hydrogens (tertiary/aromatic N) is 4. The van der Waals surface area contributed by atoms with Gasteiger partial charge in [-0.25, -0.2) is 9.67 Å². The van der Waals surface area contributed by atoms with Crippen molar-refractivity contribution in [1.29, 1.82) is 0 Å². The maximum absolute atomic E-state index is 12.5. The van der Waals surface area contributed by atoms with Crippen LogP contribution >= 0.6 is 0 Å². The fourth-order valence-electron chi connectivity index (χ4n) is 3.78. The third-order valence-electron chi connectivity index (χ3n) is 4.91. The van der Waals surface area contributed by atoms with Crippen molar-refractivity contribution in [2.75, 3.05) is 0 Å². The maximum Gasteiger partial charge on any atom is 0.295 e. The lowest BCUT2D eigenvalue weighted by molar-refractivity contribution is -0.384. The van der Waals surface area contributed by atoms with E-state index in [0.717, 1.165) is 25.7 Å². The van der Waals surface area contributed by atoms with Crippen molar-refractivity contribution in [2.45, 2.75) is 43.8 Å². The molecular formula is C16H18N6O3. The Balaban J connectivity index is 1.54. The number of fused-ring (bicyclic) bond motifs is 2. The van der Waals surface area contributed by atoms with E-state index >= 15 is 0 Å². The van der Waals surface area contributed by atoms with Crippen LogP contribution in [0.15, 0.2) is 30.9 Å². The second-order valence-electron chi connectivity index (χ2n) is 6.58. The summed E-state index contributed by atoms with van der Waals surface area (Å²) in [6.45, 7) is 0. The van der Waals surface area contributed by atoms with Gasteiger partial charge in [-0.3, -0.25) is 14.9 Å². The van der Waals surface area contributed by atoms with Crippen LogP contribution in [0.4, 0.5) is 5.69 Å². The predicted octanol–water partition coefficient (Wildman–Crippen LogP) is 1.19. The van der Waals surface area contributed by atoms with E-state index in [9.17, 15) is 14.9 Å². The van der Waals surface area contributed by atoms with Crippen molar-refractivity contribution in [1.82, 2.24) is 25.4 Å². The third-order valence-corrected chi connectivity index (χ3v) is 4.91. The van der Waals surface area contributed by atoms with Crippen LogP contribution in [0, 0.1) is 10.1 Å². The number of nitrogens with one attached hydrogen (secondary N) is 2. The number of hydrogen-bond donors (Lipinski definition) is 2. The second-order valence-corrected chi connectivity index (χ2v) is 6.58. The van der Waals surface area contributed by atoms with Crippen LogP contribution in [-0.2, 0) is 0 Å². The van der Waals surface area contributed by atoms with Gasteiger partial charge in [0, 0.05) is 29.8 Å². The Hall–Kier alpha value is -2.81. The van der Waals surface area contributed by atoms with Crippen LogP contribution in [0.25, 0.3) is 5.69 Å². The Bertz CT molecular complexity index is 794. The summed E-state index contributed by atoms with van der Waals surface area (Å²) in [5.74, 6) is -0.278. The van der Waals surface area contributed by atoms with E-state index in [-0.39, 0.29) is 28.9 Å². The Labute approximate surface area is 143 Å². The lowest BCUT2D eigenvalue weighted by Crippen LogP contribution is -2.48. The second kappa shape index (κ2) is 6.25. The minimum absolute atomic E-state index is 0.111. The number of nitro benzene ring substituents is 1. The average molecular weight is 342 g/mol. The Morgan fingerprint density at radius 2 is 2.08 bits per heavy atom. The van der Waals surface area contributed by atoms with Crippen LogP contribution in [0.5, 0.6) is 0 Å². The summed E-state index contributed by atoms with van der Waals surface area (Å²) >= 11 is 0. The molecule has 0 radical (unpaired) electrons. The van der Waals surface area contributed by atoms with Crippen molar-refractivity contribution in [3.05, 3.63) is 46.5 Å². The van der Waals surface area contributed by atoms with Gasteiger partial charge in [-0.1, -0.05) is 0 Å². The number of nitro groups is 1. The number of amides is 1. The molecule has 25 heavy (non-hydrogen) atoms. The molecule has 1 aromatic carbocycles. The van der Waals surface area contributed by atoms with Gasteiger partial charge in [0.1, 0.15) is 18.3 Å². The molecule has 2 unspecified atom stereocenters. The fraction of sp³-hybridized carbons (Fsp3) is 0.438. The highest BCUT2D eigenvalue weighted by Gasteiger charge is 2.34. The van der Waals surface area contributed by atoms with E-state index in [1.807, 2.05) is 0 Å². The van der Waals surface area contributed by atoms with Crippen molar-refractivity contribution in [3.8, 4) is 5.69 Å². The zero-order valence-electron chi connectivity index (χ0n) is 13.5. The van der Waals surface area contributed by atoms with Crippen LogP contribution < -0.4 is 10.6 Å². The molecule has 0 spiro atoms. The molecule has 1 amide bonds. The first-order valence-corrected chi connectivity index (χ1v) is 8.30. The van der Waals surface area contributed by atoms with E-state index in [0.29, 0.717) is 12.1 Å². The van der Waals surface area contributed by atoms with E-state index in [4.69, 9.17) is 0 Å². The van der Waals surface area contributed by atoms with Gasteiger partial charge in [0.25, 0.3) is 11.6 Å². The highest BCUT2D eigenvalue weighted by Crippen LogP contribution is 2.27. The zero-order valence-corrected chi connectivity index (χ0v) is 13.5. The predicted molar refractivity (Wildman–Crippen MR) is 88.4 cm³/mol.